The van der Waals surface area contributed by atoms with Crippen molar-refractivity contribution in [3.05, 3.63) is 53.6 Å². The van der Waals surface area contributed by atoms with Crippen LogP contribution < -0.4 is 9.47 Å². The Bertz CT molecular complexity index is 755. The van der Waals surface area contributed by atoms with Crippen LogP contribution in [0.2, 0.25) is 0 Å². The molecule has 0 atom stereocenters. The van der Waals surface area contributed by atoms with Gasteiger partial charge in [-0.1, -0.05) is 6.07 Å². The highest BCUT2D eigenvalue weighted by molar-refractivity contribution is 8.00. The molecule has 4 nitrogen and oxygen atoms in total. The molecule has 2 rings (SSSR count). The topological polar surface area (TPSA) is 38.8 Å². The Hall–Kier alpha value is -2.28. The van der Waals surface area contributed by atoms with E-state index in [0.29, 0.717) is 22.9 Å². The largest absolute Gasteiger partial charge is 0.493 e. The number of ether oxygens (including phenoxy) is 2. The fourth-order valence-corrected chi connectivity index (χ4v) is 3.02. The van der Waals surface area contributed by atoms with Crippen molar-refractivity contribution in [2.75, 3.05) is 27.0 Å². The maximum Gasteiger partial charge on any atom is 0.232 e. The van der Waals surface area contributed by atoms with Gasteiger partial charge in [-0.15, -0.1) is 11.8 Å². The average molecular weight is 367 g/mol. The van der Waals surface area contributed by atoms with Crippen LogP contribution in [0.1, 0.15) is 5.56 Å². The van der Waals surface area contributed by atoms with E-state index in [1.807, 2.05) is 12.1 Å². The maximum atomic E-state index is 13.2. The summed E-state index contributed by atoms with van der Waals surface area (Å²) < 4.78 is 36.5. The molecule has 0 bridgehead atoms. The van der Waals surface area contributed by atoms with Crippen molar-refractivity contribution in [2.24, 2.45) is 0 Å². The second-order valence-electron chi connectivity index (χ2n) is 5.30. The first-order valence-corrected chi connectivity index (χ1v) is 8.46. The Morgan fingerprint density at radius 1 is 1.04 bits per heavy atom. The SMILES string of the molecule is COc1ccc(CN(C)C(=O)CSc2ccc(F)c(F)c2)cc1OC. The Kier molecular flexibility index (Phi) is 6.64. The molecule has 2 aromatic carbocycles. The summed E-state index contributed by atoms with van der Waals surface area (Å²) in [6.07, 6.45) is 0. The molecule has 0 radical (unpaired) electrons. The zero-order chi connectivity index (χ0) is 18.4. The first-order valence-electron chi connectivity index (χ1n) is 7.47. The van der Waals surface area contributed by atoms with Gasteiger partial charge in [-0.05, 0) is 35.9 Å². The number of methoxy groups -OCH3 is 2. The molecule has 0 fully saturated rings. The molecule has 0 saturated heterocycles. The van der Waals surface area contributed by atoms with Crippen molar-refractivity contribution >= 4 is 17.7 Å². The van der Waals surface area contributed by atoms with E-state index in [2.05, 4.69) is 0 Å². The average Bonchev–Trinajstić information content (AvgIpc) is 2.62. The lowest BCUT2D eigenvalue weighted by atomic mass is 10.2. The summed E-state index contributed by atoms with van der Waals surface area (Å²) in [4.78, 5) is 14.3. The van der Waals surface area contributed by atoms with Crippen molar-refractivity contribution in [2.45, 2.75) is 11.4 Å². The molecule has 0 aliphatic carbocycles. The number of nitrogens with zero attached hydrogens (tertiary/aromatic N) is 1. The fourth-order valence-electron chi connectivity index (χ4n) is 2.16. The van der Waals surface area contributed by atoms with E-state index >= 15 is 0 Å². The van der Waals surface area contributed by atoms with E-state index in [1.165, 1.54) is 6.07 Å². The van der Waals surface area contributed by atoms with Gasteiger partial charge in [0.1, 0.15) is 0 Å². The summed E-state index contributed by atoms with van der Waals surface area (Å²) in [6, 6.07) is 9.03. The summed E-state index contributed by atoms with van der Waals surface area (Å²) in [7, 11) is 4.79. The van der Waals surface area contributed by atoms with Gasteiger partial charge in [0.15, 0.2) is 23.1 Å². The molecule has 7 heteroatoms. The van der Waals surface area contributed by atoms with E-state index in [-0.39, 0.29) is 11.7 Å². The third-order valence-corrected chi connectivity index (χ3v) is 4.53. The first kappa shape index (κ1) is 19.1. The smallest absolute Gasteiger partial charge is 0.232 e. The number of benzene rings is 2. The van der Waals surface area contributed by atoms with Gasteiger partial charge < -0.3 is 14.4 Å². The summed E-state index contributed by atoms with van der Waals surface area (Å²) in [5, 5.41) is 0. The molecule has 0 spiro atoms. The van der Waals surface area contributed by atoms with Crippen LogP contribution in [-0.2, 0) is 11.3 Å². The van der Waals surface area contributed by atoms with Crippen LogP contribution in [0.5, 0.6) is 11.5 Å². The van der Waals surface area contributed by atoms with Gasteiger partial charge in [0.2, 0.25) is 5.91 Å². The second-order valence-corrected chi connectivity index (χ2v) is 6.35. The number of hydrogen-bond donors (Lipinski definition) is 0. The molecule has 1 amide bonds. The van der Waals surface area contributed by atoms with Gasteiger partial charge >= 0.3 is 0 Å². The lowest BCUT2D eigenvalue weighted by molar-refractivity contribution is -0.127. The predicted octanol–water partition coefficient (Wildman–Crippen LogP) is 3.73. The van der Waals surface area contributed by atoms with E-state index < -0.39 is 11.6 Å². The molecule has 0 unspecified atom stereocenters. The van der Waals surface area contributed by atoms with Gasteiger partial charge in [0.25, 0.3) is 0 Å². The number of thioether (sulfide) groups is 1. The summed E-state index contributed by atoms with van der Waals surface area (Å²) in [6.45, 7) is 0.400. The highest BCUT2D eigenvalue weighted by atomic mass is 32.2. The Morgan fingerprint density at radius 2 is 1.76 bits per heavy atom. The minimum atomic E-state index is -0.920. The minimum Gasteiger partial charge on any atom is -0.493 e. The van der Waals surface area contributed by atoms with Gasteiger partial charge in [-0.3, -0.25) is 4.79 Å². The monoisotopic (exact) mass is 367 g/mol. The molecule has 0 N–H and O–H groups in total. The van der Waals surface area contributed by atoms with E-state index in [9.17, 15) is 13.6 Å². The van der Waals surface area contributed by atoms with Gasteiger partial charge in [-0.2, -0.15) is 0 Å². The molecule has 134 valence electrons. The standard InChI is InChI=1S/C18H19F2NO3S/c1-21(10-12-4-7-16(23-2)17(8-12)24-3)18(22)11-25-13-5-6-14(19)15(20)9-13/h4-9H,10-11H2,1-3H3. The predicted molar refractivity (Wildman–Crippen MR) is 93.1 cm³/mol. The molecular formula is C18H19F2NO3S. The summed E-state index contributed by atoms with van der Waals surface area (Å²) in [5.41, 5.74) is 0.895. The number of carbonyl (C=O) groups is 1. The van der Waals surface area contributed by atoms with Crippen LogP contribution >= 0.6 is 11.8 Å². The van der Waals surface area contributed by atoms with Crippen molar-refractivity contribution in [1.29, 1.82) is 0 Å². The molecule has 0 aliphatic heterocycles. The number of carbonyl (C=O) groups excluding carboxylic acids is 1. The zero-order valence-electron chi connectivity index (χ0n) is 14.2. The lowest BCUT2D eigenvalue weighted by Crippen LogP contribution is -2.27. The van der Waals surface area contributed by atoms with Crippen LogP contribution in [0.15, 0.2) is 41.3 Å². The minimum absolute atomic E-state index is 0.121. The molecule has 25 heavy (non-hydrogen) atoms. The maximum absolute atomic E-state index is 13.2. The quantitative estimate of drug-likeness (QED) is 0.699. The highest BCUT2D eigenvalue weighted by Crippen LogP contribution is 2.28. The first-order chi connectivity index (χ1) is 11.9. The Balaban J connectivity index is 1.94. The molecular weight excluding hydrogens is 348 g/mol. The van der Waals surface area contributed by atoms with E-state index in [0.717, 1.165) is 29.5 Å². The fraction of sp³-hybridized carbons (Fsp3) is 0.278. The lowest BCUT2D eigenvalue weighted by Gasteiger charge is -2.18. The van der Waals surface area contributed by atoms with Crippen LogP contribution in [0.25, 0.3) is 0 Å². The van der Waals surface area contributed by atoms with Crippen LogP contribution in [-0.4, -0.2) is 37.8 Å². The molecule has 0 saturated carbocycles. The third kappa shape index (κ3) is 5.09. The van der Waals surface area contributed by atoms with E-state index in [1.54, 1.807) is 32.2 Å². The summed E-state index contributed by atoms with van der Waals surface area (Å²) in [5.74, 6) is -0.595. The molecule has 0 heterocycles. The normalized spacial score (nSPS) is 10.4. The van der Waals surface area contributed by atoms with Gasteiger partial charge in [0.05, 0.1) is 20.0 Å². The van der Waals surface area contributed by atoms with Gasteiger partial charge in [0, 0.05) is 18.5 Å². The van der Waals surface area contributed by atoms with Crippen molar-refractivity contribution in [3.63, 3.8) is 0 Å². The second kappa shape index (κ2) is 8.71. The van der Waals surface area contributed by atoms with E-state index in [4.69, 9.17) is 9.47 Å². The molecule has 2 aromatic rings. The summed E-state index contributed by atoms with van der Waals surface area (Å²) >= 11 is 1.16. The molecule has 0 aliphatic rings. The van der Waals surface area contributed by atoms with Gasteiger partial charge in [-0.25, -0.2) is 8.78 Å². The Labute approximate surface area is 149 Å². The number of hydrogen-bond acceptors (Lipinski definition) is 4. The number of amides is 1. The van der Waals surface area contributed by atoms with Crippen LogP contribution in [0, 0.1) is 11.6 Å². The van der Waals surface area contributed by atoms with Crippen molar-refractivity contribution < 1.29 is 23.0 Å². The van der Waals surface area contributed by atoms with Crippen molar-refractivity contribution in [3.8, 4) is 11.5 Å². The number of halogens is 2. The Morgan fingerprint density at radius 3 is 2.40 bits per heavy atom. The van der Waals surface area contributed by atoms with Crippen molar-refractivity contribution in [1.82, 2.24) is 4.90 Å². The number of rotatable bonds is 7. The molecule has 0 aromatic heterocycles. The van der Waals surface area contributed by atoms with Crippen LogP contribution in [0.4, 0.5) is 8.78 Å². The third-order valence-electron chi connectivity index (χ3n) is 3.55. The highest BCUT2D eigenvalue weighted by Gasteiger charge is 2.12. The van der Waals surface area contributed by atoms with Crippen LogP contribution in [0.3, 0.4) is 0 Å². The zero-order valence-corrected chi connectivity index (χ0v) is 15.0.